The van der Waals surface area contributed by atoms with Gasteiger partial charge in [-0.05, 0) is 69.8 Å². The molecule has 0 bridgehead atoms. The van der Waals surface area contributed by atoms with E-state index in [1.165, 1.54) is 50.5 Å². The second kappa shape index (κ2) is 7.92. The van der Waals surface area contributed by atoms with Crippen LogP contribution in [0.2, 0.25) is 0 Å². The zero-order chi connectivity index (χ0) is 20.0. The van der Waals surface area contributed by atoms with Crippen LogP contribution >= 0.6 is 0 Å². The maximum Gasteiger partial charge on any atom is 0.199 e. The van der Waals surface area contributed by atoms with Crippen molar-refractivity contribution < 1.29 is 17.0 Å². The number of hydrogen-bond acceptors (Lipinski definition) is 2. The Morgan fingerprint density at radius 2 is 1.07 bits per heavy atom. The predicted molar refractivity (Wildman–Crippen MR) is 122 cm³/mol. The molecule has 0 unspecified atom stereocenters. The first-order chi connectivity index (χ1) is 13.4. The molecule has 2 aromatic rings. The molecule has 2 aromatic carbocycles. The highest BCUT2D eigenvalue weighted by Gasteiger charge is 2.27. The summed E-state index contributed by atoms with van der Waals surface area (Å²) < 4.78 is 2.14. The second-order valence-corrected chi connectivity index (χ2v) is 8.06. The molecule has 29 heavy (non-hydrogen) atoms. The molecule has 0 N–H and O–H groups in total. The molecule has 0 atom stereocenters. The first-order valence-corrected chi connectivity index (χ1v) is 9.65. The van der Waals surface area contributed by atoms with Crippen LogP contribution in [0.4, 0.5) is 11.4 Å². The summed E-state index contributed by atoms with van der Waals surface area (Å²) in [5.74, 6) is 0. The minimum absolute atomic E-state index is 0. The second-order valence-electron chi connectivity index (χ2n) is 8.06. The lowest BCUT2D eigenvalue weighted by atomic mass is 9.94. The van der Waals surface area contributed by atoms with Crippen LogP contribution in [0.5, 0.6) is 0 Å². The minimum atomic E-state index is 0. The molecular formula is C25H28ClN3. The van der Waals surface area contributed by atoms with Gasteiger partial charge in [0.25, 0.3) is 0 Å². The Bertz CT molecular complexity index is 1000. The molecule has 3 nitrogen and oxygen atoms in total. The van der Waals surface area contributed by atoms with E-state index in [9.17, 15) is 0 Å². The van der Waals surface area contributed by atoms with E-state index in [0.29, 0.717) is 0 Å². The van der Waals surface area contributed by atoms with Gasteiger partial charge in [0.1, 0.15) is 14.1 Å². The largest absolute Gasteiger partial charge is 1.00 e. The Kier molecular flexibility index (Phi) is 5.72. The summed E-state index contributed by atoms with van der Waals surface area (Å²) in [6, 6.07) is 13.6. The van der Waals surface area contributed by atoms with Crippen LogP contribution < -0.4 is 22.2 Å². The van der Waals surface area contributed by atoms with Crippen LogP contribution in [-0.2, 0) is 0 Å². The van der Waals surface area contributed by atoms with Crippen molar-refractivity contribution in [2.45, 2.75) is 0 Å². The molecule has 0 amide bonds. The summed E-state index contributed by atoms with van der Waals surface area (Å²) >= 11 is 0. The quantitative estimate of drug-likeness (QED) is 0.597. The summed E-state index contributed by atoms with van der Waals surface area (Å²) in [5, 5.41) is 0. The molecule has 0 radical (unpaired) electrons. The monoisotopic (exact) mass is 405 g/mol. The molecule has 4 rings (SSSR count). The Morgan fingerprint density at radius 3 is 1.45 bits per heavy atom. The number of rotatable bonds is 2. The first-order valence-electron chi connectivity index (χ1n) is 9.65. The lowest BCUT2D eigenvalue weighted by Gasteiger charge is -2.15. The van der Waals surface area contributed by atoms with E-state index >= 15 is 0 Å². The van der Waals surface area contributed by atoms with Crippen LogP contribution in [0, 0.1) is 0 Å². The number of allylic oxidation sites excluding steroid dienone is 5. The molecule has 0 heterocycles. The fraction of sp³-hybridized carbons (Fsp3) is 0.240. The molecule has 150 valence electrons. The highest BCUT2D eigenvalue weighted by atomic mass is 35.5. The van der Waals surface area contributed by atoms with Crippen LogP contribution in [0.1, 0.15) is 11.1 Å². The maximum atomic E-state index is 2.31. The number of hydrogen-bond donors (Lipinski definition) is 0. The van der Waals surface area contributed by atoms with Gasteiger partial charge in [0, 0.05) is 51.7 Å². The molecule has 0 saturated carbocycles. The summed E-state index contributed by atoms with van der Waals surface area (Å²) in [4.78, 5) is 4.33. The highest BCUT2D eigenvalue weighted by molar-refractivity contribution is 6.08. The average molecular weight is 406 g/mol. The van der Waals surface area contributed by atoms with Crippen molar-refractivity contribution in [3.63, 3.8) is 0 Å². The normalized spacial score (nSPS) is 13.8. The standard InChI is InChI=1S/C25H28N3.ClH/c1-26(2)18-9-7-17(8-10-18)25-21-13-11-19(27(3)4)15-23(21)24-16-20(28(5)6)12-14-22(24)25;/h7-16H,1-6H3;1H/q+1;/p-1. The summed E-state index contributed by atoms with van der Waals surface area (Å²) in [5.41, 5.74) is 11.5. The Morgan fingerprint density at radius 1 is 0.621 bits per heavy atom. The SMILES string of the molecule is CN(C)c1ccc2c(c1)-c1cc(N(C)C)ccc1C2=C1C=CC(=[N+](C)C)C=C1.[Cl-]. The van der Waals surface area contributed by atoms with Gasteiger partial charge >= 0.3 is 0 Å². The summed E-state index contributed by atoms with van der Waals surface area (Å²) in [7, 11) is 12.5. The molecular weight excluding hydrogens is 378 g/mol. The zero-order valence-corrected chi connectivity index (χ0v) is 18.7. The van der Waals surface area contributed by atoms with Gasteiger partial charge in [-0.2, -0.15) is 0 Å². The number of nitrogens with zero attached hydrogens (tertiary/aromatic N) is 3. The van der Waals surface area contributed by atoms with Gasteiger partial charge in [0.05, 0.1) is 0 Å². The third kappa shape index (κ3) is 3.63. The molecule has 2 aliphatic rings. The lowest BCUT2D eigenvalue weighted by Crippen LogP contribution is -3.00. The van der Waals surface area contributed by atoms with Crippen molar-refractivity contribution in [2.75, 3.05) is 52.1 Å². The number of anilines is 2. The molecule has 4 heteroatoms. The fourth-order valence-electron chi connectivity index (χ4n) is 3.88. The van der Waals surface area contributed by atoms with Crippen molar-refractivity contribution in [1.29, 1.82) is 0 Å². The minimum Gasteiger partial charge on any atom is -1.00 e. The highest BCUT2D eigenvalue weighted by Crippen LogP contribution is 2.48. The Labute approximate surface area is 180 Å². The van der Waals surface area contributed by atoms with Gasteiger partial charge in [0.2, 0.25) is 0 Å². The van der Waals surface area contributed by atoms with Gasteiger partial charge in [-0.3, -0.25) is 0 Å². The molecule has 0 aromatic heterocycles. The molecule has 0 fully saturated rings. The molecule has 0 saturated heterocycles. The Hall–Kier alpha value is -2.78. The van der Waals surface area contributed by atoms with Crippen molar-refractivity contribution >= 4 is 22.7 Å². The number of halogens is 1. The first kappa shape index (κ1) is 20.9. The van der Waals surface area contributed by atoms with E-state index in [0.717, 1.165) is 0 Å². The Balaban J connectivity index is 0.00000240. The van der Waals surface area contributed by atoms with Gasteiger partial charge < -0.3 is 22.2 Å². The lowest BCUT2D eigenvalue weighted by molar-refractivity contribution is -0.462. The van der Waals surface area contributed by atoms with Crippen LogP contribution in [0.25, 0.3) is 16.7 Å². The van der Waals surface area contributed by atoms with Crippen molar-refractivity contribution in [2.24, 2.45) is 0 Å². The van der Waals surface area contributed by atoms with Crippen LogP contribution in [0.3, 0.4) is 0 Å². The molecule has 0 spiro atoms. The van der Waals surface area contributed by atoms with Gasteiger partial charge in [-0.25, -0.2) is 4.58 Å². The van der Waals surface area contributed by atoms with Crippen LogP contribution in [0.15, 0.2) is 66.3 Å². The van der Waals surface area contributed by atoms with Crippen molar-refractivity contribution in [3.8, 4) is 11.1 Å². The zero-order valence-electron chi connectivity index (χ0n) is 18.0. The molecule has 0 aliphatic heterocycles. The maximum absolute atomic E-state index is 2.31. The van der Waals surface area contributed by atoms with E-state index < -0.39 is 0 Å². The van der Waals surface area contributed by atoms with Gasteiger partial charge in [-0.1, -0.05) is 12.1 Å². The third-order valence-electron chi connectivity index (χ3n) is 5.54. The topological polar surface area (TPSA) is 9.49 Å². The summed E-state index contributed by atoms with van der Waals surface area (Å²) in [6.45, 7) is 0. The van der Waals surface area contributed by atoms with Gasteiger partial charge in [0.15, 0.2) is 5.71 Å². The van der Waals surface area contributed by atoms with E-state index in [1.54, 1.807) is 0 Å². The average Bonchev–Trinajstić information content (AvgIpc) is 3.00. The van der Waals surface area contributed by atoms with Crippen molar-refractivity contribution in [3.05, 3.63) is 77.4 Å². The van der Waals surface area contributed by atoms with E-state index in [2.05, 4.69) is 117 Å². The fourth-order valence-corrected chi connectivity index (χ4v) is 3.88. The van der Waals surface area contributed by atoms with E-state index in [-0.39, 0.29) is 12.4 Å². The third-order valence-corrected chi connectivity index (χ3v) is 5.54. The van der Waals surface area contributed by atoms with E-state index in [4.69, 9.17) is 0 Å². The van der Waals surface area contributed by atoms with Gasteiger partial charge in [-0.15, -0.1) is 0 Å². The predicted octanol–water partition coefficient (Wildman–Crippen LogP) is 1.44. The smallest absolute Gasteiger partial charge is 0.199 e. The van der Waals surface area contributed by atoms with Crippen LogP contribution in [-0.4, -0.2) is 52.6 Å². The molecule has 2 aliphatic carbocycles. The number of benzene rings is 2. The summed E-state index contributed by atoms with van der Waals surface area (Å²) in [6.07, 6.45) is 8.87. The van der Waals surface area contributed by atoms with Crippen molar-refractivity contribution in [1.82, 2.24) is 0 Å². The number of fused-ring (bicyclic) bond motifs is 3. The van der Waals surface area contributed by atoms with E-state index in [1.807, 2.05) is 0 Å².